The van der Waals surface area contributed by atoms with Crippen molar-refractivity contribution in [3.63, 3.8) is 0 Å². The summed E-state index contributed by atoms with van der Waals surface area (Å²) in [5, 5.41) is 19.4. The maximum atomic E-state index is 10.6. The summed E-state index contributed by atoms with van der Waals surface area (Å²) in [6.45, 7) is 1.30. The lowest BCUT2D eigenvalue weighted by atomic mass is 9.89. The van der Waals surface area contributed by atoms with Gasteiger partial charge in [-0.2, -0.15) is 0 Å². The van der Waals surface area contributed by atoms with Gasteiger partial charge < -0.3 is 20.7 Å². The van der Waals surface area contributed by atoms with Crippen LogP contribution in [0.4, 0.5) is 0 Å². The zero-order valence-electron chi connectivity index (χ0n) is 9.26. The first-order chi connectivity index (χ1) is 7.39. The van der Waals surface area contributed by atoms with Gasteiger partial charge in [0.25, 0.3) is 0 Å². The van der Waals surface area contributed by atoms with Gasteiger partial charge in [-0.05, 0) is 18.9 Å². The van der Waals surface area contributed by atoms with Crippen LogP contribution in [0.2, 0.25) is 0 Å². The number of rotatable bonds is 5. The topological polar surface area (TPSA) is 83.6 Å². The Bertz CT molecular complexity index is 347. The van der Waals surface area contributed by atoms with Crippen LogP contribution in [0.3, 0.4) is 0 Å². The van der Waals surface area contributed by atoms with Crippen LogP contribution < -0.4 is 5.73 Å². The van der Waals surface area contributed by atoms with Crippen LogP contribution in [0.1, 0.15) is 18.9 Å². The van der Waals surface area contributed by atoms with Gasteiger partial charge in [0.2, 0.25) is 0 Å². The van der Waals surface area contributed by atoms with Crippen molar-refractivity contribution in [1.82, 2.24) is 0 Å². The predicted molar refractivity (Wildman–Crippen MR) is 60.6 cm³/mol. The number of carbonyl (C=O) groups is 1. The van der Waals surface area contributed by atoms with Crippen LogP contribution in [-0.2, 0) is 11.2 Å². The summed E-state index contributed by atoms with van der Waals surface area (Å²) in [6, 6.07) is 9.38. The molecule has 4 N–H and O–H groups in total. The van der Waals surface area contributed by atoms with E-state index in [1.807, 2.05) is 30.3 Å². The van der Waals surface area contributed by atoms with Crippen LogP contribution in [0.25, 0.3) is 0 Å². The molecule has 0 aliphatic heterocycles. The fraction of sp³-hybridized carbons (Fsp3) is 0.417. The third-order valence-electron chi connectivity index (χ3n) is 2.71. The first-order valence-electron chi connectivity index (χ1n) is 5.13. The number of aryl methyl sites for hydroxylation is 1. The zero-order chi connectivity index (χ0) is 12.2. The van der Waals surface area contributed by atoms with Crippen molar-refractivity contribution in [2.75, 3.05) is 0 Å². The second-order valence-electron chi connectivity index (χ2n) is 4.20. The van der Waals surface area contributed by atoms with Crippen molar-refractivity contribution in [3.05, 3.63) is 35.9 Å². The van der Waals surface area contributed by atoms with E-state index in [-0.39, 0.29) is 6.42 Å². The molecule has 0 saturated carbocycles. The van der Waals surface area contributed by atoms with Crippen LogP contribution in [0.5, 0.6) is 0 Å². The van der Waals surface area contributed by atoms with Gasteiger partial charge in [-0.15, -0.1) is 0 Å². The minimum absolute atomic E-state index is 0.0166. The molecular formula is C12H17NO3. The smallest absolute Gasteiger partial charge is 0.188 e. The molecule has 0 heterocycles. The quantitative estimate of drug-likeness (QED) is 0.492. The van der Waals surface area contributed by atoms with Crippen LogP contribution >= 0.6 is 0 Å². The molecule has 88 valence electrons. The molecule has 0 spiro atoms. The Kier molecular flexibility index (Phi) is 3.80. The number of carbonyl (C=O) groups excluding carboxylic acids is 1. The molecule has 0 saturated heterocycles. The zero-order valence-corrected chi connectivity index (χ0v) is 9.26. The molecular weight excluding hydrogens is 206 g/mol. The minimum atomic E-state index is -2.19. The van der Waals surface area contributed by atoms with Crippen molar-refractivity contribution in [2.45, 2.75) is 31.1 Å². The Morgan fingerprint density at radius 3 is 2.38 bits per heavy atom. The summed E-state index contributed by atoms with van der Waals surface area (Å²) >= 11 is 0. The normalized spacial score (nSPS) is 15.5. The van der Waals surface area contributed by atoms with Crippen LogP contribution in [0, 0.1) is 0 Å². The van der Waals surface area contributed by atoms with Crippen molar-refractivity contribution >= 4 is 6.29 Å². The number of hydrogen-bond donors (Lipinski definition) is 3. The maximum absolute atomic E-state index is 10.6. The van der Waals surface area contributed by atoms with E-state index in [1.54, 1.807) is 0 Å². The van der Waals surface area contributed by atoms with Gasteiger partial charge >= 0.3 is 0 Å². The standard InChI is InChI=1S/C12H17NO3/c1-11(13,9-14)12(15,16)8-7-10-5-3-2-4-6-10/h2-6,9,15-16H,7-8,13H2,1H3. The minimum Gasteiger partial charge on any atom is -0.364 e. The van der Waals surface area contributed by atoms with Crippen molar-refractivity contribution in [3.8, 4) is 0 Å². The molecule has 4 nitrogen and oxygen atoms in total. The van der Waals surface area contributed by atoms with E-state index in [2.05, 4.69) is 0 Å². The molecule has 0 bridgehead atoms. The molecule has 16 heavy (non-hydrogen) atoms. The second-order valence-corrected chi connectivity index (χ2v) is 4.20. The molecule has 0 fully saturated rings. The molecule has 0 aliphatic rings. The van der Waals surface area contributed by atoms with Crippen molar-refractivity contribution < 1.29 is 15.0 Å². The summed E-state index contributed by atoms with van der Waals surface area (Å²) in [7, 11) is 0. The highest BCUT2D eigenvalue weighted by molar-refractivity contribution is 5.64. The second kappa shape index (κ2) is 4.74. The average molecular weight is 223 g/mol. The number of aldehydes is 1. The summed E-state index contributed by atoms with van der Waals surface area (Å²) in [6.07, 6.45) is 0.829. The van der Waals surface area contributed by atoms with E-state index >= 15 is 0 Å². The van der Waals surface area contributed by atoms with E-state index in [0.717, 1.165) is 5.56 Å². The molecule has 0 aromatic heterocycles. The summed E-state index contributed by atoms with van der Waals surface area (Å²) < 4.78 is 0. The Morgan fingerprint density at radius 2 is 1.88 bits per heavy atom. The Labute approximate surface area is 94.7 Å². The van der Waals surface area contributed by atoms with Gasteiger partial charge in [-0.3, -0.25) is 0 Å². The van der Waals surface area contributed by atoms with Gasteiger partial charge in [-0.1, -0.05) is 30.3 Å². The maximum Gasteiger partial charge on any atom is 0.188 e. The highest BCUT2D eigenvalue weighted by Gasteiger charge is 2.42. The van der Waals surface area contributed by atoms with Gasteiger partial charge in [-0.25, -0.2) is 0 Å². The monoisotopic (exact) mass is 223 g/mol. The molecule has 1 aromatic rings. The third kappa shape index (κ3) is 2.88. The average Bonchev–Trinajstić information content (AvgIpc) is 2.27. The summed E-state index contributed by atoms with van der Waals surface area (Å²) in [5.41, 5.74) is 4.81. The Hall–Kier alpha value is -1.23. The molecule has 1 rings (SSSR count). The van der Waals surface area contributed by atoms with Crippen LogP contribution in [-0.4, -0.2) is 27.8 Å². The van der Waals surface area contributed by atoms with E-state index in [4.69, 9.17) is 5.73 Å². The highest BCUT2D eigenvalue weighted by atomic mass is 16.5. The van der Waals surface area contributed by atoms with Crippen LogP contribution in [0.15, 0.2) is 30.3 Å². The van der Waals surface area contributed by atoms with Crippen molar-refractivity contribution in [2.24, 2.45) is 5.73 Å². The number of hydrogen-bond acceptors (Lipinski definition) is 4. The molecule has 1 atom stereocenters. The van der Waals surface area contributed by atoms with E-state index in [9.17, 15) is 15.0 Å². The number of benzene rings is 1. The lowest BCUT2D eigenvalue weighted by Gasteiger charge is -2.33. The van der Waals surface area contributed by atoms with E-state index in [0.29, 0.717) is 12.7 Å². The third-order valence-corrected chi connectivity index (χ3v) is 2.71. The summed E-state index contributed by atoms with van der Waals surface area (Å²) in [5.74, 6) is -2.19. The van der Waals surface area contributed by atoms with Gasteiger partial charge in [0.05, 0.1) is 0 Å². The highest BCUT2D eigenvalue weighted by Crippen LogP contribution is 2.21. The van der Waals surface area contributed by atoms with Gasteiger partial charge in [0, 0.05) is 6.42 Å². The predicted octanol–water partition coefficient (Wildman–Crippen LogP) is 0.216. The largest absolute Gasteiger partial charge is 0.364 e. The molecule has 4 heteroatoms. The lowest BCUT2D eigenvalue weighted by Crippen LogP contribution is -2.60. The number of nitrogens with two attached hydrogens (primary N) is 1. The fourth-order valence-corrected chi connectivity index (χ4v) is 1.33. The van der Waals surface area contributed by atoms with Gasteiger partial charge in [0.15, 0.2) is 5.79 Å². The van der Waals surface area contributed by atoms with Gasteiger partial charge in [0.1, 0.15) is 11.8 Å². The molecule has 1 unspecified atom stereocenters. The SMILES string of the molecule is CC(N)(C=O)C(O)(O)CCc1ccccc1. The number of aliphatic hydroxyl groups is 2. The van der Waals surface area contributed by atoms with E-state index < -0.39 is 11.3 Å². The Morgan fingerprint density at radius 1 is 1.31 bits per heavy atom. The Balaban J connectivity index is 2.65. The molecule has 0 amide bonds. The molecule has 1 aromatic carbocycles. The first-order valence-corrected chi connectivity index (χ1v) is 5.13. The van der Waals surface area contributed by atoms with E-state index in [1.165, 1.54) is 6.92 Å². The molecule has 0 radical (unpaired) electrons. The van der Waals surface area contributed by atoms with Crippen molar-refractivity contribution in [1.29, 1.82) is 0 Å². The lowest BCUT2D eigenvalue weighted by molar-refractivity contribution is -0.203. The molecule has 0 aliphatic carbocycles. The summed E-state index contributed by atoms with van der Waals surface area (Å²) in [4.78, 5) is 10.6. The fourth-order valence-electron chi connectivity index (χ4n) is 1.33. The first kappa shape index (κ1) is 12.8.